The van der Waals surface area contributed by atoms with Crippen molar-refractivity contribution in [1.29, 1.82) is 0 Å². The lowest BCUT2D eigenvalue weighted by molar-refractivity contribution is -0.124. The smallest absolute Gasteiger partial charge is 0.162 e. The number of rotatable bonds is 10. The van der Waals surface area contributed by atoms with Crippen molar-refractivity contribution < 1.29 is 14.3 Å². The maximum Gasteiger partial charge on any atom is 0.162 e. The second-order valence-corrected chi connectivity index (χ2v) is 10.4. The molecule has 0 fully saturated rings. The normalized spacial score (nSPS) is 13.7. The fraction of sp³-hybridized carbons (Fsp3) is 0.419. The fourth-order valence-corrected chi connectivity index (χ4v) is 4.34. The van der Waals surface area contributed by atoms with E-state index in [4.69, 9.17) is 27.1 Å². The first-order valence-corrected chi connectivity index (χ1v) is 13.1. The van der Waals surface area contributed by atoms with Gasteiger partial charge in [0.05, 0.1) is 6.26 Å². The summed E-state index contributed by atoms with van der Waals surface area (Å²) in [5.74, 6) is 0.884. The Morgan fingerprint density at radius 3 is 2.24 bits per heavy atom. The van der Waals surface area contributed by atoms with Gasteiger partial charge < -0.3 is 15.3 Å². The molecule has 0 aliphatic rings. The second-order valence-electron chi connectivity index (χ2n) is 10.00. The topological polar surface area (TPSA) is 95.2 Å². The molecule has 0 bridgehead atoms. The number of hydrogen-bond donors (Lipinski definition) is 1. The molecule has 0 aliphatic heterocycles. The van der Waals surface area contributed by atoms with Gasteiger partial charge in [0.2, 0.25) is 0 Å². The maximum absolute atomic E-state index is 12.4. The number of carbonyl (C=O) groups excluding carboxylic acids is 2. The highest BCUT2D eigenvalue weighted by Crippen LogP contribution is 2.37. The molecule has 1 aromatic heterocycles. The Morgan fingerprint density at radius 1 is 1.16 bits per heavy atom. The quantitative estimate of drug-likeness (QED) is 0.245. The minimum absolute atomic E-state index is 0.0849. The van der Waals surface area contributed by atoms with Crippen molar-refractivity contribution in [2.45, 2.75) is 81.1 Å². The Hall–Kier alpha value is -3.25. The molecule has 0 spiro atoms. The van der Waals surface area contributed by atoms with Crippen LogP contribution in [0, 0.1) is 19.3 Å². The Kier molecular flexibility index (Phi) is 11.7. The molecule has 7 heteroatoms. The van der Waals surface area contributed by atoms with Crippen LogP contribution < -0.4 is 5.73 Å². The van der Waals surface area contributed by atoms with Crippen LogP contribution >= 0.6 is 11.6 Å². The molecule has 2 N–H and O–H groups in total. The van der Waals surface area contributed by atoms with Crippen molar-refractivity contribution in [3.8, 4) is 0 Å². The molecule has 2 aromatic rings. The van der Waals surface area contributed by atoms with Crippen LogP contribution in [0.4, 0.5) is 5.82 Å². The summed E-state index contributed by atoms with van der Waals surface area (Å²) < 4.78 is 5.81. The van der Waals surface area contributed by atoms with E-state index in [9.17, 15) is 9.59 Å². The van der Waals surface area contributed by atoms with Crippen LogP contribution in [-0.2, 0) is 19.7 Å². The molecule has 0 amide bonds. The van der Waals surface area contributed by atoms with Crippen LogP contribution in [0.2, 0.25) is 5.02 Å². The number of ether oxygens (including phenoxy) is 1. The third kappa shape index (κ3) is 7.41. The number of aromatic nitrogens is 2. The van der Waals surface area contributed by atoms with Gasteiger partial charge in [-0.2, -0.15) is 0 Å². The van der Waals surface area contributed by atoms with Gasteiger partial charge in [0, 0.05) is 27.3 Å². The van der Waals surface area contributed by atoms with Crippen molar-refractivity contribution in [3.05, 3.63) is 81.7 Å². The SMILES string of the molecule is C=C(O/C=C(\C)CC(C)(C)C(C)=O)C(C)(C=O)c1c(C)nc(/C(=C/C)c2ccc(Cl)cc2C)nc1N.CC. The van der Waals surface area contributed by atoms with E-state index in [1.165, 1.54) is 6.26 Å². The van der Waals surface area contributed by atoms with E-state index < -0.39 is 10.8 Å². The Morgan fingerprint density at radius 2 is 1.76 bits per heavy atom. The Bertz CT molecular complexity index is 1240. The van der Waals surface area contributed by atoms with Crippen LogP contribution in [-0.4, -0.2) is 22.0 Å². The van der Waals surface area contributed by atoms with E-state index in [1.807, 2.05) is 72.7 Å². The molecular weight excluding hydrogens is 498 g/mol. The average molecular weight is 540 g/mol. The standard InChI is InChI=1S/C29H36ClN3O3.C2H6/c1-10-23(24-12-11-22(30)13-18(24)3)27-32-19(4)25(26(31)33-27)29(9,16-34)21(6)36-15-17(2)14-28(7,8)20(5)35;1-2/h10-13,15-16H,6,14H2,1-5,7-9H3,(H2,31,32,33);1-2H3/b17-15+,23-10+;. The van der Waals surface area contributed by atoms with E-state index in [0.717, 1.165) is 28.6 Å². The third-order valence-electron chi connectivity index (χ3n) is 6.54. The Labute approximate surface area is 233 Å². The lowest BCUT2D eigenvalue weighted by Crippen LogP contribution is -2.30. The summed E-state index contributed by atoms with van der Waals surface area (Å²) in [7, 11) is 0. The summed E-state index contributed by atoms with van der Waals surface area (Å²) in [4.78, 5) is 33.5. The van der Waals surface area contributed by atoms with Gasteiger partial charge in [-0.05, 0) is 76.8 Å². The molecule has 206 valence electrons. The predicted octanol–water partition coefficient (Wildman–Crippen LogP) is 7.70. The predicted molar refractivity (Wildman–Crippen MR) is 158 cm³/mol. The highest BCUT2D eigenvalue weighted by atomic mass is 35.5. The van der Waals surface area contributed by atoms with Gasteiger partial charge in [0.1, 0.15) is 29.1 Å². The molecule has 0 aliphatic carbocycles. The Balaban J connectivity index is 0.00000352. The minimum atomic E-state index is -1.29. The molecule has 38 heavy (non-hydrogen) atoms. The first-order chi connectivity index (χ1) is 17.7. The van der Waals surface area contributed by atoms with Crippen molar-refractivity contribution in [1.82, 2.24) is 9.97 Å². The van der Waals surface area contributed by atoms with Gasteiger partial charge in [-0.1, -0.05) is 58.0 Å². The zero-order valence-corrected chi connectivity index (χ0v) is 25.2. The zero-order valence-electron chi connectivity index (χ0n) is 24.5. The average Bonchev–Trinajstić information content (AvgIpc) is 2.84. The molecule has 0 saturated heterocycles. The van der Waals surface area contributed by atoms with Crippen LogP contribution in [0.5, 0.6) is 0 Å². The first-order valence-electron chi connectivity index (χ1n) is 12.7. The third-order valence-corrected chi connectivity index (χ3v) is 6.77. The molecular formula is C31H42ClN3O3. The van der Waals surface area contributed by atoms with Crippen LogP contribution in [0.3, 0.4) is 0 Å². The zero-order chi connectivity index (χ0) is 29.4. The van der Waals surface area contributed by atoms with Gasteiger partial charge in [0.25, 0.3) is 0 Å². The largest absolute Gasteiger partial charge is 0.469 e. The van der Waals surface area contributed by atoms with E-state index in [0.29, 0.717) is 28.5 Å². The monoisotopic (exact) mass is 539 g/mol. The number of hydrogen-bond acceptors (Lipinski definition) is 6. The van der Waals surface area contributed by atoms with Gasteiger partial charge in [-0.3, -0.25) is 4.79 Å². The van der Waals surface area contributed by atoms with Crippen molar-refractivity contribution in [3.63, 3.8) is 0 Å². The number of ketones is 1. The van der Waals surface area contributed by atoms with E-state index in [1.54, 1.807) is 20.8 Å². The number of nitrogens with two attached hydrogens (primary N) is 1. The number of nitrogens with zero attached hydrogens (tertiary/aromatic N) is 2. The van der Waals surface area contributed by atoms with Crippen molar-refractivity contribution >= 4 is 35.1 Å². The molecule has 2 rings (SSSR count). The van der Waals surface area contributed by atoms with Gasteiger partial charge in [-0.15, -0.1) is 0 Å². The number of aldehydes is 1. The molecule has 0 saturated carbocycles. The number of Topliss-reactive ketones (excluding diaryl/α,β-unsaturated/α-hetero) is 1. The second kappa shape index (κ2) is 13.5. The molecule has 1 heterocycles. The van der Waals surface area contributed by atoms with Crippen LogP contribution in [0.1, 0.15) is 90.0 Å². The molecule has 1 aromatic carbocycles. The van der Waals surface area contributed by atoms with E-state index in [-0.39, 0.29) is 17.4 Å². The lowest BCUT2D eigenvalue weighted by Gasteiger charge is -2.28. The number of halogens is 1. The number of aryl methyl sites for hydroxylation is 2. The first kappa shape index (κ1) is 32.8. The van der Waals surface area contributed by atoms with Crippen LogP contribution in [0.25, 0.3) is 5.57 Å². The highest BCUT2D eigenvalue weighted by Gasteiger charge is 2.37. The number of anilines is 1. The van der Waals surface area contributed by atoms with Gasteiger partial charge >= 0.3 is 0 Å². The number of nitrogen functional groups attached to an aromatic ring is 1. The van der Waals surface area contributed by atoms with Gasteiger partial charge in [-0.25, -0.2) is 9.97 Å². The highest BCUT2D eigenvalue weighted by molar-refractivity contribution is 6.30. The summed E-state index contributed by atoms with van der Waals surface area (Å²) in [6, 6.07) is 5.61. The van der Waals surface area contributed by atoms with Crippen molar-refractivity contribution in [2.24, 2.45) is 5.41 Å². The van der Waals surface area contributed by atoms with Crippen LogP contribution in [0.15, 0.2) is 48.4 Å². The number of carbonyl (C=O) groups is 2. The maximum atomic E-state index is 12.4. The van der Waals surface area contributed by atoms with E-state index in [2.05, 4.69) is 11.6 Å². The summed E-state index contributed by atoms with van der Waals surface area (Å²) in [6.45, 7) is 22.5. The molecule has 0 radical (unpaired) electrons. The van der Waals surface area contributed by atoms with Crippen molar-refractivity contribution in [2.75, 3.05) is 5.73 Å². The number of benzene rings is 1. The number of allylic oxidation sites excluding steroid dienone is 3. The molecule has 1 atom stereocenters. The summed E-state index contributed by atoms with van der Waals surface area (Å²) >= 11 is 6.13. The van der Waals surface area contributed by atoms with Gasteiger partial charge in [0.15, 0.2) is 5.82 Å². The lowest BCUT2D eigenvalue weighted by atomic mass is 9.81. The molecule has 6 nitrogen and oxygen atoms in total. The summed E-state index contributed by atoms with van der Waals surface area (Å²) in [5.41, 5.74) is 9.16. The summed E-state index contributed by atoms with van der Waals surface area (Å²) in [6.07, 6.45) is 4.69. The minimum Gasteiger partial charge on any atom is -0.469 e. The fourth-order valence-electron chi connectivity index (χ4n) is 4.11. The summed E-state index contributed by atoms with van der Waals surface area (Å²) in [5, 5.41) is 0.646. The molecule has 1 unspecified atom stereocenters. The van der Waals surface area contributed by atoms with E-state index >= 15 is 0 Å².